The molecule has 1 unspecified atom stereocenters. The molecule has 3 aromatic heterocycles. The summed E-state index contributed by atoms with van der Waals surface area (Å²) in [5, 5.41) is 8.38. The number of fused-ring (bicyclic) bond motifs is 1. The van der Waals surface area contributed by atoms with Crippen molar-refractivity contribution in [2.75, 3.05) is 62.2 Å². The molecule has 0 spiro atoms. The summed E-state index contributed by atoms with van der Waals surface area (Å²) < 4.78 is 15.8. The molecule has 0 bridgehead atoms. The second kappa shape index (κ2) is 9.96. The number of benzene rings is 1. The van der Waals surface area contributed by atoms with Gasteiger partial charge >= 0.3 is 0 Å². The van der Waals surface area contributed by atoms with E-state index >= 15 is 0 Å². The third kappa shape index (κ3) is 4.50. The van der Waals surface area contributed by atoms with Gasteiger partial charge in [0.1, 0.15) is 23.1 Å². The summed E-state index contributed by atoms with van der Waals surface area (Å²) in [7, 11) is 0. The molecule has 1 atom stereocenters. The van der Waals surface area contributed by atoms with Crippen molar-refractivity contribution in [2.24, 2.45) is 5.92 Å². The van der Waals surface area contributed by atoms with Crippen LogP contribution in [-0.4, -0.2) is 76.8 Å². The predicted octanol–water partition coefficient (Wildman–Crippen LogP) is 3.61. The number of rotatable bonds is 6. The summed E-state index contributed by atoms with van der Waals surface area (Å²) in [5.41, 5.74) is 3.53. The van der Waals surface area contributed by atoms with Crippen LogP contribution in [0.15, 0.2) is 60.8 Å². The van der Waals surface area contributed by atoms with Crippen molar-refractivity contribution < 1.29 is 4.39 Å². The molecule has 0 saturated carbocycles. The maximum atomic E-state index is 13.9. The molecule has 3 saturated heterocycles. The number of nitrogens with one attached hydrogen (secondary N) is 1. The first-order valence-electron chi connectivity index (χ1n) is 13.7. The first kappa shape index (κ1) is 23.5. The molecule has 3 fully saturated rings. The number of nitrogens with zero attached hydrogens (tertiary/aromatic N) is 7. The van der Waals surface area contributed by atoms with Crippen LogP contribution in [0.3, 0.4) is 0 Å². The van der Waals surface area contributed by atoms with Gasteiger partial charge in [-0.25, -0.2) is 18.9 Å². The smallest absolute Gasteiger partial charge is 0.154 e. The summed E-state index contributed by atoms with van der Waals surface area (Å²) in [5.74, 6) is 2.49. The third-order valence-electron chi connectivity index (χ3n) is 8.20. The van der Waals surface area contributed by atoms with E-state index < -0.39 is 0 Å². The first-order valence-corrected chi connectivity index (χ1v) is 13.7. The number of hydrogen-bond donors (Lipinski definition) is 1. The van der Waals surface area contributed by atoms with Gasteiger partial charge in [0.25, 0.3) is 0 Å². The molecule has 9 heteroatoms. The van der Waals surface area contributed by atoms with Crippen LogP contribution < -0.4 is 15.1 Å². The third-order valence-corrected chi connectivity index (χ3v) is 8.20. The van der Waals surface area contributed by atoms with Gasteiger partial charge in [-0.2, -0.15) is 0 Å². The highest BCUT2D eigenvalue weighted by Crippen LogP contribution is 2.35. The Hall–Kier alpha value is -3.56. The zero-order chi connectivity index (χ0) is 25.5. The standard InChI is InChI=1S/C29H33FN8/c30-23-5-1-4-22(16-23)25-7-3-11-37(25)29-10-9-27-32-19-26(38(27)34-29)24-6-2-8-28(33-24)36-14-12-35(13-15-36)20-21-17-31-18-21/h1-2,4-6,8-10,16,19,21,25,31H,3,7,11-15,17-18,20H2. The van der Waals surface area contributed by atoms with Gasteiger partial charge in [0.15, 0.2) is 5.65 Å². The molecule has 1 aromatic carbocycles. The number of piperazine rings is 1. The van der Waals surface area contributed by atoms with Gasteiger partial charge in [-0.3, -0.25) is 4.90 Å². The van der Waals surface area contributed by atoms with Crippen LogP contribution in [0.2, 0.25) is 0 Å². The number of imidazole rings is 1. The fraction of sp³-hybridized carbons (Fsp3) is 0.414. The molecule has 8 nitrogen and oxygen atoms in total. The van der Waals surface area contributed by atoms with Gasteiger partial charge in [0.05, 0.1) is 17.9 Å². The topological polar surface area (TPSA) is 64.8 Å². The van der Waals surface area contributed by atoms with E-state index in [9.17, 15) is 4.39 Å². The van der Waals surface area contributed by atoms with Crippen molar-refractivity contribution >= 4 is 17.3 Å². The monoisotopic (exact) mass is 512 g/mol. The van der Waals surface area contributed by atoms with Crippen LogP contribution in [0.5, 0.6) is 0 Å². The van der Waals surface area contributed by atoms with Crippen molar-refractivity contribution in [1.82, 2.24) is 29.8 Å². The Morgan fingerprint density at radius 3 is 2.61 bits per heavy atom. The first-order chi connectivity index (χ1) is 18.7. The lowest BCUT2D eigenvalue weighted by Crippen LogP contribution is -2.53. The van der Waals surface area contributed by atoms with Crippen molar-refractivity contribution in [2.45, 2.75) is 18.9 Å². The van der Waals surface area contributed by atoms with E-state index in [4.69, 9.17) is 10.1 Å². The number of pyridine rings is 1. The summed E-state index contributed by atoms with van der Waals surface area (Å²) in [6, 6.07) is 17.3. The molecular weight excluding hydrogens is 479 g/mol. The lowest BCUT2D eigenvalue weighted by atomic mass is 10.0. The molecule has 3 aliphatic rings. The minimum atomic E-state index is -0.197. The van der Waals surface area contributed by atoms with Crippen LogP contribution in [0, 0.1) is 11.7 Å². The van der Waals surface area contributed by atoms with Crippen LogP contribution >= 0.6 is 0 Å². The highest BCUT2D eigenvalue weighted by Gasteiger charge is 2.28. The van der Waals surface area contributed by atoms with Gasteiger partial charge in [0, 0.05) is 52.4 Å². The molecule has 7 rings (SSSR count). The molecule has 196 valence electrons. The lowest BCUT2D eigenvalue weighted by Gasteiger charge is -2.39. The second-order valence-corrected chi connectivity index (χ2v) is 10.7. The van der Waals surface area contributed by atoms with E-state index in [-0.39, 0.29) is 11.9 Å². The summed E-state index contributed by atoms with van der Waals surface area (Å²) in [4.78, 5) is 16.9. The fourth-order valence-corrected chi connectivity index (χ4v) is 6.04. The van der Waals surface area contributed by atoms with Crippen LogP contribution in [0.1, 0.15) is 24.4 Å². The Morgan fingerprint density at radius 2 is 1.79 bits per heavy atom. The Bertz CT molecular complexity index is 1430. The SMILES string of the molecule is Fc1cccc(C2CCCN2c2ccc3ncc(-c4cccc(N5CCN(CC6CNC6)CC5)n4)n3n2)c1. The summed E-state index contributed by atoms with van der Waals surface area (Å²) in [6.07, 6.45) is 3.89. The zero-order valence-electron chi connectivity index (χ0n) is 21.5. The van der Waals surface area contributed by atoms with E-state index in [0.717, 1.165) is 98.8 Å². The largest absolute Gasteiger partial charge is 0.354 e. The number of hydrogen-bond acceptors (Lipinski definition) is 7. The molecule has 38 heavy (non-hydrogen) atoms. The Morgan fingerprint density at radius 1 is 0.921 bits per heavy atom. The Kier molecular flexibility index (Phi) is 6.17. The van der Waals surface area contributed by atoms with Crippen molar-refractivity contribution in [3.8, 4) is 11.4 Å². The molecule has 4 aromatic rings. The summed E-state index contributed by atoms with van der Waals surface area (Å²) >= 11 is 0. The Labute approximate surface area is 222 Å². The van der Waals surface area contributed by atoms with Crippen molar-refractivity contribution in [3.05, 3.63) is 72.2 Å². The fourth-order valence-electron chi connectivity index (χ4n) is 6.04. The highest BCUT2D eigenvalue weighted by molar-refractivity contribution is 5.62. The van der Waals surface area contributed by atoms with E-state index in [1.165, 1.54) is 12.6 Å². The minimum Gasteiger partial charge on any atom is -0.354 e. The molecular formula is C29H33FN8. The molecule has 6 heterocycles. The van der Waals surface area contributed by atoms with Gasteiger partial charge in [-0.05, 0) is 60.7 Å². The average Bonchev–Trinajstić information content (AvgIpc) is 3.58. The van der Waals surface area contributed by atoms with Gasteiger partial charge in [-0.1, -0.05) is 18.2 Å². The van der Waals surface area contributed by atoms with Gasteiger partial charge < -0.3 is 15.1 Å². The van der Waals surface area contributed by atoms with E-state index in [2.05, 4.69) is 37.1 Å². The maximum Gasteiger partial charge on any atom is 0.154 e. The quantitative estimate of drug-likeness (QED) is 0.423. The van der Waals surface area contributed by atoms with Crippen molar-refractivity contribution in [3.63, 3.8) is 0 Å². The average molecular weight is 513 g/mol. The van der Waals surface area contributed by atoms with E-state index in [0.29, 0.717) is 0 Å². The van der Waals surface area contributed by atoms with E-state index in [1.54, 1.807) is 12.1 Å². The van der Waals surface area contributed by atoms with Crippen LogP contribution in [-0.2, 0) is 0 Å². The molecule has 0 aliphatic carbocycles. The van der Waals surface area contributed by atoms with Crippen LogP contribution in [0.4, 0.5) is 16.0 Å². The molecule has 3 aliphatic heterocycles. The second-order valence-electron chi connectivity index (χ2n) is 10.7. The van der Waals surface area contributed by atoms with Gasteiger partial charge in [0.2, 0.25) is 0 Å². The number of aromatic nitrogens is 4. The van der Waals surface area contributed by atoms with E-state index in [1.807, 2.05) is 35.0 Å². The molecule has 1 N–H and O–H groups in total. The number of anilines is 2. The predicted molar refractivity (Wildman–Crippen MR) is 147 cm³/mol. The molecule has 0 radical (unpaired) electrons. The highest BCUT2D eigenvalue weighted by atomic mass is 19.1. The summed E-state index contributed by atoms with van der Waals surface area (Å²) in [6.45, 7) is 8.52. The zero-order valence-corrected chi connectivity index (χ0v) is 21.5. The Balaban J connectivity index is 1.13. The normalized spacial score (nSPS) is 20.8. The lowest BCUT2D eigenvalue weighted by molar-refractivity contribution is 0.184. The van der Waals surface area contributed by atoms with Crippen molar-refractivity contribution in [1.29, 1.82) is 0 Å². The maximum absolute atomic E-state index is 13.9. The molecule has 0 amide bonds. The van der Waals surface area contributed by atoms with Crippen LogP contribution in [0.25, 0.3) is 17.0 Å². The minimum absolute atomic E-state index is 0.114. The van der Waals surface area contributed by atoms with Gasteiger partial charge in [-0.15, -0.1) is 5.10 Å². The number of halogens is 1.